The van der Waals surface area contributed by atoms with Crippen molar-refractivity contribution in [3.05, 3.63) is 84.1 Å². The molecule has 3 aromatic rings. The van der Waals surface area contributed by atoms with Crippen molar-refractivity contribution in [2.45, 2.75) is 44.7 Å². The minimum Gasteiger partial charge on any atom is -0.354 e. The fourth-order valence-corrected chi connectivity index (χ4v) is 5.19. The summed E-state index contributed by atoms with van der Waals surface area (Å²) in [6.45, 7) is 4.49. The molecule has 6 nitrogen and oxygen atoms in total. The molecule has 0 radical (unpaired) electrons. The van der Waals surface area contributed by atoms with Crippen molar-refractivity contribution in [2.24, 2.45) is 0 Å². The van der Waals surface area contributed by atoms with Crippen LogP contribution in [0.15, 0.2) is 67.1 Å². The number of amides is 1. The SMILES string of the molecule is O=C(c1cccnc1)N(Cc1ccc(N2CCN(C3CCCCC3)CC2)nc1)c1ccc(F)cc1. The van der Waals surface area contributed by atoms with Crippen LogP contribution in [0.2, 0.25) is 0 Å². The Morgan fingerprint density at radius 3 is 2.37 bits per heavy atom. The lowest BCUT2D eigenvalue weighted by Gasteiger charge is -2.41. The Morgan fingerprint density at radius 2 is 1.71 bits per heavy atom. The molecule has 0 bridgehead atoms. The van der Waals surface area contributed by atoms with E-state index in [0.29, 0.717) is 17.8 Å². The molecule has 2 aromatic heterocycles. The average Bonchev–Trinajstić information content (AvgIpc) is 2.93. The lowest BCUT2D eigenvalue weighted by molar-refractivity contribution is 0.0984. The summed E-state index contributed by atoms with van der Waals surface area (Å²) in [7, 11) is 0. The Hall–Kier alpha value is -3.32. The highest BCUT2D eigenvalue weighted by Crippen LogP contribution is 2.25. The number of carbonyl (C=O) groups is 1. The van der Waals surface area contributed by atoms with Crippen molar-refractivity contribution in [3.63, 3.8) is 0 Å². The first kappa shape index (κ1) is 23.4. The molecule has 1 saturated heterocycles. The van der Waals surface area contributed by atoms with Crippen LogP contribution < -0.4 is 9.80 Å². The molecule has 1 saturated carbocycles. The molecule has 0 spiro atoms. The summed E-state index contributed by atoms with van der Waals surface area (Å²) in [5, 5.41) is 0. The molecule has 2 aliphatic rings. The highest BCUT2D eigenvalue weighted by atomic mass is 19.1. The molecule has 3 heterocycles. The highest BCUT2D eigenvalue weighted by molar-refractivity contribution is 6.05. The number of piperazine rings is 1. The van der Waals surface area contributed by atoms with Gasteiger partial charge in [0.15, 0.2) is 0 Å². The van der Waals surface area contributed by atoms with Gasteiger partial charge in [0, 0.05) is 56.5 Å². The van der Waals surface area contributed by atoms with Crippen molar-refractivity contribution in [1.29, 1.82) is 0 Å². The minimum atomic E-state index is -0.336. The molecule has 1 aliphatic heterocycles. The van der Waals surface area contributed by atoms with Gasteiger partial charge in [0.05, 0.1) is 12.1 Å². The van der Waals surface area contributed by atoms with E-state index in [2.05, 4.69) is 14.8 Å². The van der Waals surface area contributed by atoms with E-state index in [-0.39, 0.29) is 11.7 Å². The second kappa shape index (κ2) is 11.0. The number of benzene rings is 1. The molecule has 1 amide bonds. The Bertz CT molecular complexity index is 1090. The van der Waals surface area contributed by atoms with Gasteiger partial charge in [-0.1, -0.05) is 25.3 Å². The number of hydrogen-bond acceptors (Lipinski definition) is 5. The molecule has 2 fully saturated rings. The van der Waals surface area contributed by atoms with Crippen LogP contribution in [0.4, 0.5) is 15.9 Å². The van der Waals surface area contributed by atoms with Crippen LogP contribution in [-0.4, -0.2) is 53.0 Å². The van der Waals surface area contributed by atoms with E-state index in [0.717, 1.165) is 43.6 Å². The second-order valence-electron chi connectivity index (χ2n) is 9.45. The summed E-state index contributed by atoms with van der Waals surface area (Å²) in [6.07, 6.45) is 11.8. The maximum absolute atomic E-state index is 13.5. The number of pyridine rings is 2. The molecule has 35 heavy (non-hydrogen) atoms. The van der Waals surface area contributed by atoms with Crippen LogP contribution >= 0.6 is 0 Å². The molecule has 1 aromatic carbocycles. The van der Waals surface area contributed by atoms with Gasteiger partial charge in [0.1, 0.15) is 11.6 Å². The number of halogens is 1. The zero-order valence-electron chi connectivity index (χ0n) is 20.0. The molecular weight excluding hydrogens is 441 g/mol. The predicted molar refractivity (Wildman–Crippen MR) is 136 cm³/mol. The zero-order chi connectivity index (χ0) is 24.0. The third kappa shape index (κ3) is 5.68. The van der Waals surface area contributed by atoms with Crippen LogP contribution in [0.5, 0.6) is 0 Å². The summed E-state index contributed by atoms with van der Waals surface area (Å²) in [5.41, 5.74) is 2.02. The largest absolute Gasteiger partial charge is 0.354 e. The second-order valence-corrected chi connectivity index (χ2v) is 9.45. The average molecular weight is 474 g/mol. The van der Waals surface area contributed by atoms with E-state index in [1.165, 1.54) is 44.2 Å². The maximum atomic E-state index is 13.5. The molecule has 7 heteroatoms. The van der Waals surface area contributed by atoms with E-state index in [4.69, 9.17) is 4.98 Å². The number of anilines is 2. The summed E-state index contributed by atoms with van der Waals surface area (Å²) in [5.74, 6) is 0.453. The predicted octanol–water partition coefficient (Wildman–Crippen LogP) is 4.92. The lowest BCUT2D eigenvalue weighted by atomic mass is 9.94. The highest BCUT2D eigenvalue weighted by Gasteiger charge is 2.26. The van der Waals surface area contributed by atoms with Gasteiger partial charge in [-0.25, -0.2) is 9.37 Å². The molecule has 5 rings (SSSR count). The molecule has 0 atom stereocenters. The molecule has 182 valence electrons. The number of aromatic nitrogens is 2. The minimum absolute atomic E-state index is 0.187. The van der Waals surface area contributed by atoms with E-state index in [1.807, 2.05) is 18.3 Å². The van der Waals surface area contributed by atoms with Gasteiger partial charge in [-0.05, 0) is 60.9 Å². The Kier molecular flexibility index (Phi) is 7.33. The maximum Gasteiger partial charge on any atom is 0.260 e. The van der Waals surface area contributed by atoms with E-state index >= 15 is 0 Å². The van der Waals surface area contributed by atoms with Gasteiger partial charge in [-0.3, -0.25) is 14.7 Å². The van der Waals surface area contributed by atoms with Crippen LogP contribution in [0.3, 0.4) is 0 Å². The van der Waals surface area contributed by atoms with Gasteiger partial charge in [-0.15, -0.1) is 0 Å². The molecule has 1 aliphatic carbocycles. The summed E-state index contributed by atoms with van der Waals surface area (Å²) < 4.78 is 13.5. The van der Waals surface area contributed by atoms with Gasteiger partial charge >= 0.3 is 0 Å². The number of nitrogens with zero attached hydrogens (tertiary/aromatic N) is 5. The third-order valence-corrected chi connectivity index (χ3v) is 7.17. The topological polar surface area (TPSA) is 52.6 Å². The van der Waals surface area contributed by atoms with Crippen molar-refractivity contribution in [3.8, 4) is 0 Å². The van der Waals surface area contributed by atoms with Crippen LogP contribution in [-0.2, 0) is 6.54 Å². The first-order valence-electron chi connectivity index (χ1n) is 12.6. The summed E-state index contributed by atoms with van der Waals surface area (Å²) in [4.78, 5) is 28.7. The standard InChI is InChI=1S/C28H32FN5O/c29-24-9-11-26(12-10-24)34(28(35)23-5-4-14-30-20-23)21-22-8-13-27(31-19-22)33-17-15-32(16-18-33)25-6-2-1-3-7-25/h4-5,8-14,19-20,25H,1-3,6-7,15-18,21H2. The molecule has 0 unspecified atom stereocenters. The van der Waals surface area contributed by atoms with Gasteiger partial charge in [0.25, 0.3) is 5.91 Å². The van der Waals surface area contributed by atoms with E-state index in [9.17, 15) is 9.18 Å². The van der Waals surface area contributed by atoms with Gasteiger partial charge in [0.2, 0.25) is 0 Å². The Morgan fingerprint density at radius 1 is 0.943 bits per heavy atom. The molecule has 0 N–H and O–H groups in total. The van der Waals surface area contributed by atoms with Gasteiger partial charge < -0.3 is 9.80 Å². The summed E-state index contributed by atoms with van der Waals surface area (Å²) >= 11 is 0. The van der Waals surface area contributed by atoms with E-state index < -0.39 is 0 Å². The van der Waals surface area contributed by atoms with Crippen molar-refractivity contribution in [1.82, 2.24) is 14.9 Å². The van der Waals surface area contributed by atoms with Crippen molar-refractivity contribution in [2.75, 3.05) is 36.0 Å². The number of rotatable bonds is 6. The third-order valence-electron chi connectivity index (χ3n) is 7.17. The zero-order valence-corrected chi connectivity index (χ0v) is 20.0. The normalized spacial score (nSPS) is 17.3. The van der Waals surface area contributed by atoms with Gasteiger partial charge in [-0.2, -0.15) is 0 Å². The van der Waals surface area contributed by atoms with Crippen molar-refractivity contribution < 1.29 is 9.18 Å². The fourth-order valence-electron chi connectivity index (χ4n) is 5.19. The van der Waals surface area contributed by atoms with E-state index in [1.54, 1.807) is 41.6 Å². The van der Waals surface area contributed by atoms with Crippen LogP contribution in [0.1, 0.15) is 48.0 Å². The quantitative estimate of drug-likeness (QED) is 0.509. The monoisotopic (exact) mass is 473 g/mol. The Labute approximate surface area is 206 Å². The fraction of sp³-hybridized carbons (Fsp3) is 0.393. The number of carbonyl (C=O) groups excluding carboxylic acids is 1. The number of hydrogen-bond donors (Lipinski definition) is 0. The first-order chi connectivity index (χ1) is 17.2. The van der Waals surface area contributed by atoms with Crippen molar-refractivity contribution >= 4 is 17.4 Å². The van der Waals surface area contributed by atoms with Crippen LogP contribution in [0, 0.1) is 5.82 Å². The Balaban J connectivity index is 1.26. The van der Waals surface area contributed by atoms with Crippen LogP contribution in [0.25, 0.3) is 0 Å². The smallest absolute Gasteiger partial charge is 0.260 e. The summed E-state index contributed by atoms with van der Waals surface area (Å²) in [6, 6.07) is 14.3. The lowest BCUT2D eigenvalue weighted by Crippen LogP contribution is -2.51. The first-order valence-corrected chi connectivity index (χ1v) is 12.6. The molecular formula is C28H32FN5O.